The van der Waals surface area contributed by atoms with Crippen molar-refractivity contribution in [3.8, 4) is 0 Å². The van der Waals surface area contributed by atoms with Crippen molar-refractivity contribution in [1.29, 1.82) is 0 Å². The fraction of sp³-hybridized carbons (Fsp3) is 0.846. The molecule has 0 aliphatic carbocycles. The van der Waals surface area contributed by atoms with E-state index in [1.54, 1.807) is 0 Å². The molecule has 100 valence electrons. The first-order valence-electron chi connectivity index (χ1n) is 6.65. The molecule has 0 aromatic rings. The molecule has 1 amide bonds. The van der Waals surface area contributed by atoms with Gasteiger partial charge in [-0.2, -0.15) is 0 Å². The summed E-state index contributed by atoms with van der Waals surface area (Å²) < 4.78 is 0. The molecule has 0 radical (unpaired) electrons. The third-order valence-corrected chi connectivity index (χ3v) is 2.65. The Morgan fingerprint density at radius 3 is 2.24 bits per heavy atom. The van der Waals surface area contributed by atoms with Gasteiger partial charge in [-0.05, 0) is 19.3 Å². The van der Waals surface area contributed by atoms with Crippen LogP contribution in [-0.4, -0.2) is 23.5 Å². The van der Waals surface area contributed by atoms with Gasteiger partial charge in [0.2, 0.25) is 5.91 Å². The maximum Gasteiger partial charge on any atom is 0.303 e. The van der Waals surface area contributed by atoms with Gasteiger partial charge >= 0.3 is 5.97 Å². The summed E-state index contributed by atoms with van der Waals surface area (Å²) in [5.41, 5.74) is 0. The fourth-order valence-electron chi connectivity index (χ4n) is 1.61. The molecular formula is C13H25NO3. The van der Waals surface area contributed by atoms with Crippen molar-refractivity contribution in [2.24, 2.45) is 0 Å². The van der Waals surface area contributed by atoms with Crippen molar-refractivity contribution in [2.75, 3.05) is 6.54 Å². The first kappa shape index (κ1) is 15.9. The van der Waals surface area contributed by atoms with Gasteiger partial charge in [-0.25, -0.2) is 0 Å². The van der Waals surface area contributed by atoms with Crippen molar-refractivity contribution in [2.45, 2.75) is 64.7 Å². The number of aliphatic carboxylic acids is 1. The minimum absolute atomic E-state index is 0.0943. The average molecular weight is 243 g/mol. The minimum atomic E-state index is -0.771. The monoisotopic (exact) mass is 243 g/mol. The van der Waals surface area contributed by atoms with Gasteiger partial charge in [-0.1, -0.05) is 32.6 Å². The smallest absolute Gasteiger partial charge is 0.303 e. The van der Waals surface area contributed by atoms with Crippen LogP contribution in [-0.2, 0) is 9.59 Å². The van der Waals surface area contributed by atoms with E-state index in [-0.39, 0.29) is 12.3 Å². The van der Waals surface area contributed by atoms with Gasteiger partial charge in [0.25, 0.3) is 0 Å². The zero-order valence-electron chi connectivity index (χ0n) is 10.8. The second kappa shape index (κ2) is 11.4. The van der Waals surface area contributed by atoms with Gasteiger partial charge in [-0.3, -0.25) is 9.59 Å². The van der Waals surface area contributed by atoms with Crippen molar-refractivity contribution in [3.63, 3.8) is 0 Å². The van der Waals surface area contributed by atoms with E-state index in [1.165, 1.54) is 19.3 Å². The van der Waals surface area contributed by atoms with E-state index in [0.717, 1.165) is 19.3 Å². The van der Waals surface area contributed by atoms with Crippen LogP contribution >= 0.6 is 0 Å². The number of carbonyl (C=O) groups excluding carboxylic acids is 1. The molecule has 0 spiro atoms. The number of hydrogen-bond acceptors (Lipinski definition) is 2. The Kier molecular flexibility index (Phi) is 10.7. The summed E-state index contributed by atoms with van der Waals surface area (Å²) in [7, 11) is 0. The molecule has 0 saturated heterocycles. The molecular weight excluding hydrogens is 218 g/mol. The highest BCUT2D eigenvalue weighted by molar-refractivity contribution is 5.75. The molecule has 0 unspecified atom stereocenters. The van der Waals surface area contributed by atoms with E-state index < -0.39 is 5.97 Å². The number of hydrogen-bond donors (Lipinski definition) is 2. The number of carbonyl (C=O) groups is 2. The lowest BCUT2D eigenvalue weighted by Crippen LogP contribution is -2.24. The van der Waals surface area contributed by atoms with Crippen LogP contribution < -0.4 is 5.32 Å². The van der Waals surface area contributed by atoms with Gasteiger partial charge in [0.15, 0.2) is 0 Å². The average Bonchev–Trinajstić information content (AvgIpc) is 2.28. The molecule has 0 saturated carbocycles. The summed E-state index contributed by atoms with van der Waals surface area (Å²) in [4.78, 5) is 21.6. The van der Waals surface area contributed by atoms with Crippen molar-refractivity contribution in [1.82, 2.24) is 5.32 Å². The van der Waals surface area contributed by atoms with Crippen LogP contribution in [0.3, 0.4) is 0 Å². The highest BCUT2D eigenvalue weighted by atomic mass is 16.4. The van der Waals surface area contributed by atoms with Gasteiger partial charge < -0.3 is 10.4 Å². The number of carboxylic acid groups (broad SMARTS) is 1. The van der Waals surface area contributed by atoms with Crippen LogP contribution in [0, 0.1) is 0 Å². The van der Waals surface area contributed by atoms with Crippen molar-refractivity contribution < 1.29 is 14.7 Å². The standard InChI is InChI=1S/C13H25NO3/c1-2-3-4-5-6-9-12(15)14-11-8-7-10-13(16)17/h2-11H2,1H3,(H,14,15)(H,16,17). The highest BCUT2D eigenvalue weighted by Gasteiger charge is 2.01. The van der Waals surface area contributed by atoms with Crippen LogP contribution in [0.25, 0.3) is 0 Å². The predicted octanol–water partition coefficient (Wildman–Crippen LogP) is 2.72. The van der Waals surface area contributed by atoms with Gasteiger partial charge in [0.05, 0.1) is 0 Å². The van der Waals surface area contributed by atoms with Crippen molar-refractivity contribution in [3.05, 3.63) is 0 Å². The third-order valence-electron chi connectivity index (χ3n) is 2.65. The molecule has 4 nitrogen and oxygen atoms in total. The highest BCUT2D eigenvalue weighted by Crippen LogP contribution is 2.04. The summed E-state index contributed by atoms with van der Waals surface area (Å²) in [5, 5.41) is 11.2. The van der Waals surface area contributed by atoms with Crippen LogP contribution in [0.4, 0.5) is 0 Å². The Hall–Kier alpha value is -1.06. The van der Waals surface area contributed by atoms with E-state index in [2.05, 4.69) is 12.2 Å². The fourth-order valence-corrected chi connectivity index (χ4v) is 1.61. The largest absolute Gasteiger partial charge is 0.481 e. The topological polar surface area (TPSA) is 66.4 Å². The Balaban J connectivity index is 3.20. The van der Waals surface area contributed by atoms with E-state index in [0.29, 0.717) is 19.4 Å². The van der Waals surface area contributed by atoms with Gasteiger partial charge in [-0.15, -0.1) is 0 Å². The summed E-state index contributed by atoms with van der Waals surface area (Å²) >= 11 is 0. The van der Waals surface area contributed by atoms with E-state index in [1.807, 2.05) is 0 Å². The molecule has 0 aliphatic rings. The first-order valence-corrected chi connectivity index (χ1v) is 6.65. The van der Waals surface area contributed by atoms with Crippen LogP contribution in [0.2, 0.25) is 0 Å². The lowest BCUT2D eigenvalue weighted by molar-refractivity contribution is -0.137. The SMILES string of the molecule is CCCCCCCC(=O)NCCCCC(=O)O. The maximum atomic E-state index is 11.3. The second-order valence-corrected chi connectivity index (χ2v) is 4.37. The lowest BCUT2D eigenvalue weighted by atomic mass is 10.1. The molecule has 17 heavy (non-hydrogen) atoms. The number of rotatable bonds is 11. The molecule has 0 heterocycles. The number of amides is 1. The number of nitrogens with one attached hydrogen (secondary N) is 1. The molecule has 0 bridgehead atoms. The molecule has 0 aromatic heterocycles. The van der Waals surface area contributed by atoms with Crippen LogP contribution in [0.15, 0.2) is 0 Å². The number of carboxylic acids is 1. The Bertz CT molecular complexity index is 217. The predicted molar refractivity (Wildman–Crippen MR) is 67.9 cm³/mol. The Labute approximate surface area is 104 Å². The van der Waals surface area contributed by atoms with E-state index >= 15 is 0 Å². The van der Waals surface area contributed by atoms with E-state index in [4.69, 9.17) is 5.11 Å². The molecule has 0 atom stereocenters. The molecule has 4 heteroatoms. The Morgan fingerprint density at radius 2 is 1.59 bits per heavy atom. The summed E-state index contributed by atoms with van der Waals surface area (Å²) in [5.74, 6) is -0.677. The molecule has 0 aliphatic heterocycles. The molecule has 0 fully saturated rings. The summed E-state index contributed by atoms with van der Waals surface area (Å²) in [6.45, 7) is 2.77. The maximum absolute atomic E-state index is 11.3. The lowest BCUT2D eigenvalue weighted by Gasteiger charge is -2.04. The molecule has 0 aromatic carbocycles. The zero-order valence-corrected chi connectivity index (χ0v) is 10.8. The van der Waals surface area contributed by atoms with Gasteiger partial charge in [0.1, 0.15) is 0 Å². The van der Waals surface area contributed by atoms with Crippen LogP contribution in [0.1, 0.15) is 64.7 Å². The van der Waals surface area contributed by atoms with Crippen molar-refractivity contribution >= 4 is 11.9 Å². The number of unbranched alkanes of at least 4 members (excludes halogenated alkanes) is 5. The summed E-state index contributed by atoms with van der Waals surface area (Å²) in [6.07, 6.45) is 7.92. The third kappa shape index (κ3) is 12.9. The molecule has 0 rings (SSSR count). The molecule has 2 N–H and O–H groups in total. The normalized spacial score (nSPS) is 10.2. The quantitative estimate of drug-likeness (QED) is 0.548. The minimum Gasteiger partial charge on any atom is -0.481 e. The first-order chi connectivity index (χ1) is 8.16. The summed E-state index contributed by atoms with van der Waals surface area (Å²) in [6, 6.07) is 0. The van der Waals surface area contributed by atoms with E-state index in [9.17, 15) is 9.59 Å². The zero-order chi connectivity index (χ0) is 12.9. The van der Waals surface area contributed by atoms with Gasteiger partial charge in [0, 0.05) is 19.4 Å². The van der Waals surface area contributed by atoms with Crippen LogP contribution in [0.5, 0.6) is 0 Å². The second-order valence-electron chi connectivity index (χ2n) is 4.37. The Morgan fingerprint density at radius 1 is 0.941 bits per heavy atom.